The minimum Gasteiger partial charge on any atom is -0.395 e. The maximum Gasteiger partial charge on any atom is 0.229 e. The van der Waals surface area contributed by atoms with Crippen molar-refractivity contribution >= 4 is 17.8 Å². The minimum atomic E-state index is -0.367. The van der Waals surface area contributed by atoms with E-state index < -0.39 is 0 Å². The molecule has 2 saturated heterocycles. The van der Waals surface area contributed by atoms with Gasteiger partial charge in [0.1, 0.15) is 12.2 Å². The van der Waals surface area contributed by atoms with Gasteiger partial charge in [-0.2, -0.15) is 25.1 Å². The second kappa shape index (κ2) is 19.9. The molecule has 13 heteroatoms. The summed E-state index contributed by atoms with van der Waals surface area (Å²) in [6.45, 7) is 20.2. The number of nitrogens with zero attached hydrogens (tertiary/aromatic N) is 5. The molecule has 0 spiro atoms. The van der Waals surface area contributed by atoms with Gasteiger partial charge in [0.2, 0.25) is 17.8 Å². The van der Waals surface area contributed by atoms with Gasteiger partial charge < -0.3 is 31.3 Å². The number of rotatable bonds is 19. The van der Waals surface area contributed by atoms with E-state index in [9.17, 15) is 15.3 Å². The van der Waals surface area contributed by atoms with Gasteiger partial charge in [0.15, 0.2) is 0 Å². The van der Waals surface area contributed by atoms with Gasteiger partial charge in [0.05, 0.1) is 18.8 Å². The Morgan fingerprint density at radius 3 is 1.21 bits per heavy atom. The number of unbranched alkanes of at least 4 members (excludes halogenated alkanes) is 2. The van der Waals surface area contributed by atoms with Crippen molar-refractivity contribution in [1.29, 1.82) is 0 Å². The summed E-state index contributed by atoms with van der Waals surface area (Å²) in [6, 6.07) is 0. The van der Waals surface area contributed by atoms with E-state index in [1.165, 1.54) is 0 Å². The van der Waals surface area contributed by atoms with Crippen molar-refractivity contribution in [2.75, 3.05) is 42.2 Å². The van der Waals surface area contributed by atoms with Gasteiger partial charge in [-0.15, -0.1) is 0 Å². The van der Waals surface area contributed by atoms with Crippen LogP contribution in [0.2, 0.25) is 0 Å². The van der Waals surface area contributed by atoms with E-state index in [0.29, 0.717) is 36.2 Å². The Balaban J connectivity index is 1.04. The molecule has 0 bridgehead atoms. The highest BCUT2D eigenvalue weighted by molar-refractivity contribution is 5.42. The Hall–Kier alpha value is -1.87. The number of nitrogens with one attached hydrogen (secondary N) is 3. The van der Waals surface area contributed by atoms with Crippen LogP contribution in [0.1, 0.15) is 171 Å². The molecular weight excluding hydrogens is 709 g/mol. The number of hydrogen-bond acceptors (Lipinski definition) is 13. The third-order valence-corrected chi connectivity index (χ3v) is 12.8. The molecule has 4 fully saturated rings. The molecule has 0 radical (unpaired) electrons. The highest BCUT2D eigenvalue weighted by Crippen LogP contribution is 2.46. The third-order valence-electron chi connectivity index (χ3n) is 12.8. The van der Waals surface area contributed by atoms with Gasteiger partial charge in [-0.3, -0.25) is 9.68 Å². The molecule has 322 valence electrons. The fraction of sp³-hybridized carbons (Fsp3) is 0.930. The first-order valence-corrected chi connectivity index (χ1v) is 22.4. The number of aliphatic hydroxyl groups excluding tert-OH is 3. The van der Waals surface area contributed by atoms with Crippen LogP contribution in [0, 0.1) is 11.8 Å². The molecule has 5 rings (SSSR count). The summed E-state index contributed by atoms with van der Waals surface area (Å²) in [5, 5.41) is 45.0. The van der Waals surface area contributed by atoms with Gasteiger partial charge in [0.25, 0.3) is 0 Å². The van der Waals surface area contributed by atoms with Crippen LogP contribution in [0.3, 0.4) is 0 Å². The van der Waals surface area contributed by atoms with Gasteiger partial charge >= 0.3 is 0 Å². The molecule has 4 aliphatic rings. The summed E-state index contributed by atoms with van der Waals surface area (Å²) in [7, 11) is 0. The SMILES string of the molecule is CC1(C)CC(CCCCNc2nc(NCCO)nc(NCCCCC3CC(C)(C)N(OC4CCCCC4O)C(C)(C)C3)n2)CC(C)(C)N1OC1CCCCC1O. The summed E-state index contributed by atoms with van der Waals surface area (Å²) in [5.41, 5.74) is -0.409. The molecule has 2 aliphatic carbocycles. The highest BCUT2D eigenvalue weighted by Gasteiger charge is 2.49. The van der Waals surface area contributed by atoms with E-state index in [1.807, 2.05) is 0 Å². The minimum absolute atomic E-state index is 0.000395. The normalized spacial score (nSPS) is 28.6. The number of aromatic nitrogens is 3. The standard InChI is InChI=1S/C43H80N8O5/c1-40(2)27-31(28-41(3,4)50(40)55-35-21-11-9-19-33(35)53)17-13-15-23-44-37-47-38(49-39(48-37)46-25-26-52)45-24-16-14-18-32-29-42(5,6)51(43(7,8)30-32)56-36-22-12-10-20-34(36)54/h31-36,52-54H,9-30H2,1-8H3,(H3,44,45,46,47,48,49). The van der Waals surface area contributed by atoms with Crippen molar-refractivity contribution in [2.24, 2.45) is 11.8 Å². The van der Waals surface area contributed by atoms with Gasteiger partial charge in [-0.05, 0) is 131 Å². The largest absolute Gasteiger partial charge is 0.395 e. The van der Waals surface area contributed by atoms with E-state index in [4.69, 9.17) is 14.7 Å². The predicted molar refractivity (Wildman–Crippen MR) is 224 cm³/mol. The number of anilines is 3. The third kappa shape index (κ3) is 12.6. The highest BCUT2D eigenvalue weighted by atomic mass is 16.7. The molecule has 1 aromatic heterocycles. The quantitative estimate of drug-likeness (QED) is 0.0769. The summed E-state index contributed by atoms with van der Waals surface area (Å²) >= 11 is 0. The number of piperidine rings is 2. The van der Waals surface area contributed by atoms with Crippen LogP contribution in [-0.2, 0) is 9.68 Å². The number of hydroxylamine groups is 4. The molecule has 56 heavy (non-hydrogen) atoms. The summed E-state index contributed by atoms with van der Waals surface area (Å²) in [4.78, 5) is 27.0. The molecule has 4 atom stereocenters. The van der Waals surface area contributed by atoms with Gasteiger partial charge in [-0.25, -0.2) is 0 Å². The summed E-state index contributed by atoms with van der Waals surface area (Å²) in [5.74, 6) is 2.76. The molecular formula is C43H80N8O5. The van der Waals surface area contributed by atoms with Crippen LogP contribution in [0.5, 0.6) is 0 Å². The van der Waals surface area contributed by atoms with Crippen LogP contribution in [-0.4, -0.2) is 113 Å². The first-order valence-electron chi connectivity index (χ1n) is 22.4. The second-order valence-corrected chi connectivity index (χ2v) is 20.2. The van der Waals surface area contributed by atoms with Crippen LogP contribution < -0.4 is 16.0 Å². The Morgan fingerprint density at radius 2 is 0.875 bits per heavy atom. The smallest absolute Gasteiger partial charge is 0.229 e. The van der Waals surface area contributed by atoms with E-state index in [1.54, 1.807) is 0 Å². The topological polar surface area (TPSA) is 160 Å². The van der Waals surface area contributed by atoms with Crippen molar-refractivity contribution in [3.8, 4) is 0 Å². The maximum atomic E-state index is 10.6. The van der Waals surface area contributed by atoms with Gasteiger partial charge in [0, 0.05) is 41.8 Å². The first-order chi connectivity index (χ1) is 26.5. The molecule has 4 unspecified atom stereocenters. The lowest BCUT2D eigenvalue weighted by molar-refractivity contribution is -0.325. The fourth-order valence-electron chi connectivity index (χ4n) is 10.9. The molecule has 2 saturated carbocycles. The Bertz CT molecular complexity index is 1220. The fourth-order valence-corrected chi connectivity index (χ4v) is 10.9. The average Bonchev–Trinajstić information content (AvgIpc) is 3.11. The lowest BCUT2D eigenvalue weighted by Gasteiger charge is -2.55. The van der Waals surface area contributed by atoms with Crippen molar-refractivity contribution in [3.63, 3.8) is 0 Å². The number of aliphatic hydroxyl groups is 3. The Labute approximate surface area is 338 Å². The average molecular weight is 789 g/mol. The Morgan fingerprint density at radius 1 is 0.536 bits per heavy atom. The molecule has 3 heterocycles. The molecule has 2 aliphatic heterocycles. The van der Waals surface area contributed by atoms with Crippen LogP contribution in [0.15, 0.2) is 0 Å². The van der Waals surface area contributed by atoms with Crippen LogP contribution in [0.25, 0.3) is 0 Å². The second-order valence-electron chi connectivity index (χ2n) is 20.2. The monoisotopic (exact) mass is 789 g/mol. The van der Waals surface area contributed by atoms with Crippen molar-refractivity contribution in [1.82, 2.24) is 25.1 Å². The predicted octanol–water partition coefficient (Wildman–Crippen LogP) is 7.45. The van der Waals surface area contributed by atoms with Crippen molar-refractivity contribution < 1.29 is 25.0 Å². The molecule has 0 aromatic carbocycles. The zero-order chi connectivity index (χ0) is 40.6. The van der Waals surface area contributed by atoms with Crippen molar-refractivity contribution in [2.45, 2.75) is 218 Å². The van der Waals surface area contributed by atoms with E-state index in [0.717, 1.165) is 129 Å². The maximum absolute atomic E-state index is 10.6. The lowest BCUT2D eigenvalue weighted by Crippen LogP contribution is -2.62. The first kappa shape index (κ1) is 45.2. The lowest BCUT2D eigenvalue weighted by atomic mass is 9.73. The zero-order valence-electron chi connectivity index (χ0n) is 36.4. The zero-order valence-corrected chi connectivity index (χ0v) is 36.4. The van der Waals surface area contributed by atoms with E-state index in [2.05, 4.69) is 91.4 Å². The summed E-state index contributed by atoms with van der Waals surface area (Å²) < 4.78 is 0. The van der Waals surface area contributed by atoms with Gasteiger partial charge in [-0.1, -0.05) is 51.4 Å². The molecule has 6 N–H and O–H groups in total. The van der Waals surface area contributed by atoms with Crippen LogP contribution in [0.4, 0.5) is 17.8 Å². The summed E-state index contributed by atoms with van der Waals surface area (Å²) in [6.07, 6.45) is 17.9. The molecule has 0 amide bonds. The van der Waals surface area contributed by atoms with Crippen LogP contribution >= 0.6 is 0 Å². The molecule has 1 aromatic rings. The van der Waals surface area contributed by atoms with E-state index >= 15 is 0 Å². The Kier molecular flexibility index (Phi) is 16.1. The van der Waals surface area contributed by atoms with E-state index in [-0.39, 0.29) is 53.2 Å². The number of hydrogen-bond donors (Lipinski definition) is 6. The molecule has 13 nitrogen and oxygen atoms in total. The van der Waals surface area contributed by atoms with Crippen molar-refractivity contribution in [3.05, 3.63) is 0 Å².